The molecule has 0 aliphatic heterocycles. The lowest BCUT2D eigenvalue weighted by atomic mass is 10.0. The van der Waals surface area contributed by atoms with Crippen LogP contribution in [0.5, 0.6) is 5.75 Å². The third-order valence-electron chi connectivity index (χ3n) is 6.56. The zero-order chi connectivity index (χ0) is 26.1. The normalized spacial score (nSPS) is 12.5. The van der Waals surface area contributed by atoms with E-state index >= 15 is 0 Å². The van der Waals surface area contributed by atoms with Crippen LogP contribution in [0.25, 0.3) is 0 Å². The predicted octanol–water partition coefficient (Wildman–Crippen LogP) is 5.55. The second-order valence-electron chi connectivity index (χ2n) is 9.53. The highest BCUT2D eigenvalue weighted by molar-refractivity contribution is 5.88. The molecule has 0 saturated heterocycles. The van der Waals surface area contributed by atoms with Gasteiger partial charge in [0.05, 0.1) is 0 Å². The second-order valence-corrected chi connectivity index (χ2v) is 9.53. The number of nitrogens with one attached hydrogen (secondary N) is 1. The smallest absolute Gasteiger partial charge is 0.261 e. The van der Waals surface area contributed by atoms with Crippen LogP contribution >= 0.6 is 0 Å². The summed E-state index contributed by atoms with van der Waals surface area (Å²) in [7, 11) is 0. The van der Waals surface area contributed by atoms with Gasteiger partial charge in [-0.1, -0.05) is 79.2 Å². The first-order valence-electron chi connectivity index (χ1n) is 12.7. The van der Waals surface area contributed by atoms with E-state index in [0.29, 0.717) is 18.7 Å². The van der Waals surface area contributed by atoms with E-state index in [1.165, 1.54) is 0 Å². The summed E-state index contributed by atoms with van der Waals surface area (Å²) in [4.78, 5) is 29.0. The van der Waals surface area contributed by atoms with Gasteiger partial charge in [0.2, 0.25) is 5.91 Å². The lowest BCUT2D eigenvalue weighted by Crippen LogP contribution is -2.53. The summed E-state index contributed by atoms with van der Waals surface area (Å²) in [5.41, 5.74) is 5.19. The highest BCUT2D eigenvalue weighted by Crippen LogP contribution is 2.21. The summed E-state index contributed by atoms with van der Waals surface area (Å²) in [5, 5.41) is 3.10. The van der Waals surface area contributed by atoms with E-state index in [-0.39, 0.29) is 24.5 Å². The molecule has 5 nitrogen and oxygen atoms in total. The third kappa shape index (κ3) is 7.45. The highest BCUT2D eigenvalue weighted by atomic mass is 16.5. The minimum atomic E-state index is -0.670. The van der Waals surface area contributed by atoms with Gasteiger partial charge in [0, 0.05) is 19.0 Å². The lowest BCUT2D eigenvalue weighted by molar-refractivity contribution is -0.143. The Hall–Kier alpha value is -3.60. The summed E-state index contributed by atoms with van der Waals surface area (Å²) in [6, 6.07) is 23.0. The van der Waals surface area contributed by atoms with Crippen molar-refractivity contribution in [1.82, 2.24) is 10.2 Å². The van der Waals surface area contributed by atoms with Crippen LogP contribution in [0.15, 0.2) is 72.8 Å². The van der Waals surface area contributed by atoms with Crippen molar-refractivity contribution in [2.24, 2.45) is 0 Å². The first kappa shape index (κ1) is 27.0. The Labute approximate surface area is 215 Å². The first-order chi connectivity index (χ1) is 17.3. The predicted molar refractivity (Wildman–Crippen MR) is 145 cm³/mol. The molecule has 3 aromatic rings. The topological polar surface area (TPSA) is 58.6 Å². The van der Waals surface area contributed by atoms with E-state index in [4.69, 9.17) is 4.74 Å². The van der Waals surface area contributed by atoms with E-state index in [2.05, 4.69) is 5.32 Å². The maximum Gasteiger partial charge on any atom is 0.261 e. The van der Waals surface area contributed by atoms with Crippen LogP contribution in [0.3, 0.4) is 0 Å². The Kier molecular flexibility index (Phi) is 9.69. The summed E-state index contributed by atoms with van der Waals surface area (Å²) in [5.74, 6) is 0.300. The van der Waals surface area contributed by atoms with Crippen LogP contribution in [-0.4, -0.2) is 35.4 Å². The van der Waals surface area contributed by atoms with Crippen LogP contribution in [0.1, 0.15) is 48.1 Å². The molecule has 36 heavy (non-hydrogen) atoms. The maximum absolute atomic E-state index is 13.7. The molecular weight excluding hydrogens is 448 g/mol. The standard InChI is InChI=1S/C31H38N2O3/c1-6-25(5)32-31(35)28(19-26-13-8-7-9-14-26)33(20-27-15-11-10-12-23(27)3)30(34)21-36-29-17-16-22(2)18-24(29)4/h7-18,25,28H,6,19-21H2,1-5H3,(H,32,35)/t25-,28-/m1/s1. The van der Waals surface area contributed by atoms with Crippen LogP contribution < -0.4 is 10.1 Å². The minimum absolute atomic E-state index is 0.0117. The molecule has 2 amide bonds. The maximum atomic E-state index is 13.7. The number of nitrogens with zero attached hydrogens (tertiary/aromatic N) is 1. The molecule has 3 aromatic carbocycles. The highest BCUT2D eigenvalue weighted by Gasteiger charge is 2.31. The number of benzene rings is 3. The Balaban J connectivity index is 1.93. The number of amides is 2. The van der Waals surface area contributed by atoms with Gasteiger partial charge in [-0.25, -0.2) is 0 Å². The Morgan fingerprint density at radius 3 is 2.28 bits per heavy atom. The number of ether oxygens (including phenoxy) is 1. The van der Waals surface area contributed by atoms with Crippen molar-refractivity contribution in [1.29, 1.82) is 0 Å². The monoisotopic (exact) mass is 486 g/mol. The second kappa shape index (κ2) is 12.9. The van der Waals surface area contributed by atoms with Crippen molar-refractivity contribution in [2.75, 3.05) is 6.61 Å². The van der Waals surface area contributed by atoms with Crippen LogP contribution in [0.2, 0.25) is 0 Å². The van der Waals surface area contributed by atoms with E-state index in [1.807, 2.05) is 107 Å². The van der Waals surface area contributed by atoms with Crippen molar-refractivity contribution in [3.8, 4) is 5.75 Å². The Morgan fingerprint density at radius 2 is 1.61 bits per heavy atom. The summed E-state index contributed by atoms with van der Waals surface area (Å²) in [6.07, 6.45) is 1.23. The van der Waals surface area contributed by atoms with Crippen LogP contribution in [0.4, 0.5) is 0 Å². The zero-order valence-corrected chi connectivity index (χ0v) is 22.1. The molecule has 0 fully saturated rings. The lowest BCUT2D eigenvalue weighted by Gasteiger charge is -2.32. The van der Waals surface area contributed by atoms with Gasteiger partial charge >= 0.3 is 0 Å². The SMILES string of the molecule is CC[C@@H](C)NC(=O)[C@@H](Cc1ccccc1)N(Cc1ccccc1C)C(=O)COc1ccc(C)cc1C. The fourth-order valence-electron chi connectivity index (χ4n) is 4.15. The minimum Gasteiger partial charge on any atom is -0.483 e. The van der Waals surface area contributed by atoms with Gasteiger partial charge in [0.15, 0.2) is 6.61 Å². The largest absolute Gasteiger partial charge is 0.483 e. The van der Waals surface area contributed by atoms with Gasteiger partial charge in [0.25, 0.3) is 5.91 Å². The molecule has 190 valence electrons. The van der Waals surface area contributed by atoms with Crippen LogP contribution in [0, 0.1) is 20.8 Å². The summed E-state index contributed by atoms with van der Waals surface area (Å²) >= 11 is 0. The molecule has 0 radical (unpaired) electrons. The molecule has 0 heterocycles. The first-order valence-corrected chi connectivity index (χ1v) is 12.7. The number of rotatable bonds is 11. The van der Waals surface area contributed by atoms with E-state index in [1.54, 1.807) is 4.90 Å². The molecule has 0 bridgehead atoms. The molecule has 2 atom stereocenters. The number of aryl methyl sites for hydroxylation is 3. The van der Waals surface area contributed by atoms with Gasteiger partial charge < -0.3 is 15.0 Å². The molecular formula is C31H38N2O3. The molecule has 0 aliphatic carbocycles. The van der Waals surface area contributed by atoms with E-state index in [0.717, 1.165) is 34.2 Å². The van der Waals surface area contributed by atoms with Gasteiger partial charge in [-0.3, -0.25) is 9.59 Å². The fraction of sp³-hybridized carbons (Fsp3) is 0.355. The van der Waals surface area contributed by atoms with Crippen molar-refractivity contribution in [2.45, 2.75) is 66.1 Å². The third-order valence-corrected chi connectivity index (χ3v) is 6.56. The quantitative estimate of drug-likeness (QED) is 0.387. The van der Waals surface area contributed by atoms with E-state index < -0.39 is 6.04 Å². The summed E-state index contributed by atoms with van der Waals surface area (Å²) < 4.78 is 5.96. The van der Waals surface area contributed by atoms with Gasteiger partial charge in [-0.2, -0.15) is 0 Å². The summed E-state index contributed by atoms with van der Waals surface area (Å²) in [6.45, 7) is 10.2. The molecule has 0 aliphatic rings. The molecule has 0 spiro atoms. The number of carbonyl (C=O) groups excluding carboxylic acids is 2. The molecule has 5 heteroatoms. The Bertz CT molecular complexity index is 1160. The molecule has 0 saturated carbocycles. The van der Waals surface area contributed by atoms with Gasteiger partial charge in [-0.15, -0.1) is 0 Å². The van der Waals surface area contributed by atoms with Crippen molar-refractivity contribution >= 4 is 11.8 Å². The number of carbonyl (C=O) groups is 2. The Morgan fingerprint density at radius 1 is 0.917 bits per heavy atom. The van der Waals surface area contributed by atoms with Gasteiger partial charge in [0.1, 0.15) is 11.8 Å². The fourth-order valence-corrected chi connectivity index (χ4v) is 4.15. The van der Waals surface area contributed by atoms with Crippen molar-refractivity contribution < 1.29 is 14.3 Å². The van der Waals surface area contributed by atoms with Crippen LogP contribution in [-0.2, 0) is 22.6 Å². The number of hydrogen-bond acceptors (Lipinski definition) is 3. The average Bonchev–Trinajstić information content (AvgIpc) is 2.87. The van der Waals surface area contributed by atoms with Gasteiger partial charge in [-0.05, 0) is 62.4 Å². The number of hydrogen-bond donors (Lipinski definition) is 1. The van der Waals surface area contributed by atoms with Crippen molar-refractivity contribution in [3.63, 3.8) is 0 Å². The molecule has 1 N–H and O–H groups in total. The molecule has 3 rings (SSSR count). The zero-order valence-electron chi connectivity index (χ0n) is 22.1. The average molecular weight is 487 g/mol. The van der Waals surface area contributed by atoms with E-state index in [9.17, 15) is 9.59 Å². The van der Waals surface area contributed by atoms with Crippen molar-refractivity contribution in [3.05, 3.63) is 101 Å². The molecule has 0 aromatic heterocycles. The molecule has 0 unspecified atom stereocenters.